The van der Waals surface area contributed by atoms with Gasteiger partial charge in [0.15, 0.2) is 0 Å². The van der Waals surface area contributed by atoms with Gasteiger partial charge in [-0.15, -0.1) is 0 Å². The van der Waals surface area contributed by atoms with E-state index in [-0.39, 0.29) is 0 Å². The molecule has 2 aromatic carbocycles. The maximum absolute atomic E-state index is 10.7. The predicted molar refractivity (Wildman–Crippen MR) is 70.5 cm³/mol. The van der Waals surface area contributed by atoms with Crippen molar-refractivity contribution in [3.05, 3.63) is 78.2 Å². The van der Waals surface area contributed by atoms with Crippen LogP contribution < -0.4 is 0 Å². The van der Waals surface area contributed by atoms with Gasteiger partial charge in [-0.2, -0.15) is 0 Å². The highest BCUT2D eigenvalue weighted by molar-refractivity contribution is 5.34. The van der Waals surface area contributed by atoms with Crippen molar-refractivity contribution in [2.75, 3.05) is 0 Å². The fourth-order valence-electron chi connectivity index (χ4n) is 1.94. The smallest absolute Gasteiger partial charge is 0.0969 e. The van der Waals surface area contributed by atoms with Gasteiger partial charge in [0.25, 0.3) is 0 Å². The molecule has 2 rings (SSSR count). The lowest BCUT2D eigenvalue weighted by atomic mass is 9.85. The molecule has 0 heterocycles. The minimum absolute atomic E-state index is 0.659. The molecular formula is C16H17O. The van der Waals surface area contributed by atoms with Crippen LogP contribution in [0.1, 0.15) is 24.5 Å². The highest BCUT2D eigenvalue weighted by atomic mass is 16.3. The molecule has 1 unspecified atom stereocenters. The average Bonchev–Trinajstić information content (AvgIpc) is 2.41. The molecule has 87 valence electrons. The van der Waals surface area contributed by atoms with Crippen molar-refractivity contribution in [1.29, 1.82) is 0 Å². The molecule has 0 aliphatic heterocycles. The van der Waals surface area contributed by atoms with Gasteiger partial charge in [-0.25, -0.2) is 0 Å². The summed E-state index contributed by atoms with van der Waals surface area (Å²) in [5.74, 6) is 0. The van der Waals surface area contributed by atoms with Crippen LogP contribution in [0.25, 0.3) is 0 Å². The number of benzene rings is 2. The highest BCUT2D eigenvalue weighted by Crippen LogP contribution is 2.30. The van der Waals surface area contributed by atoms with Crippen molar-refractivity contribution in [3.63, 3.8) is 0 Å². The van der Waals surface area contributed by atoms with Gasteiger partial charge in [0.1, 0.15) is 0 Å². The quantitative estimate of drug-likeness (QED) is 0.843. The number of rotatable bonds is 4. The van der Waals surface area contributed by atoms with Crippen LogP contribution in [0, 0.1) is 6.42 Å². The van der Waals surface area contributed by atoms with E-state index in [9.17, 15) is 5.11 Å². The third-order valence-electron chi connectivity index (χ3n) is 3.02. The Hall–Kier alpha value is -1.60. The van der Waals surface area contributed by atoms with Gasteiger partial charge in [-0.05, 0) is 17.5 Å². The Morgan fingerprint density at radius 2 is 1.47 bits per heavy atom. The zero-order valence-electron chi connectivity index (χ0n) is 10.0. The van der Waals surface area contributed by atoms with E-state index < -0.39 is 5.60 Å². The Bertz CT molecular complexity index is 449. The Balaban J connectivity index is 2.27. The third-order valence-corrected chi connectivity index (χ3v) is 3.02. The molecule has 1 radical (unpaired) electrons. The van der Waals surface area contributed by atoms with E-state index in [0.717, 1.165) is 11.1 Å². The minimum atomic E-state index is -0.886. The maximum Gasteiger partial charge on any atom is 0.0969 e. The second-order valence-electron chi connectivity index (χ2n) is 4.20. The van der Waals surface area contributed by atoms with Gasteiger partial charge >= 0.3 is 0 Å². The normalized spacial score (nSPS) is 14.2. The molecular weight excluding hydrogens is 208 g/mol. The summed E-state index contributed by atoms with van der Waals surface area (Å²) in [5, 5.41) is 10.7. The van der Waals surface area contributed by atoms with Crippen molar-refractivity contribution >= 4 is 0 Å². The standard InChI is InChI=1S/C16H17O/c1-2-16(17,15-11-7-4-8-12-15)13-14-9-5-3-6-10-14/h3-13,17H,2H2,1H3. The Labute approximate surface area is 103 Å². The van der Waals surface area contributed by atoms with Gasteiger partial charge in [0.05, 0.1) is 5.60 Å². The largest absolute Gasteiger partial charge is 0.385 e. The molecule has 0 saturated carbocycles. The zero-order valence-corrected chi connectivity index (χ0v) is 10.0. The van der Waals surface area contributed by atoms with Gasteiger partial charge in [-0.1, -0.05) is 67.6 Å². The fourth-order valence-corrected chi connectivity index (χ4v) is 1.94. The minimum Gasteiger partial charge on any atom is -0.385 e. The van der Waals surface area contributed by atoms with E-state index in [1.54, 1.807) is 0 Å². The summed E-state index contributed by atoms with van der Waals surface area (Å²) >= 11 is 0. The Morgan fingerprint density at radius 1 is 0.941 bits per heavy atom. The molecule has 0 aliphatic rings. The zero-order chi connectivity index (χ0) is 12.1. The number of hydrogen-bond acceptors (Lipinski definition) is 1. The first-order valence-electron chi connectivity index (χ1n) is 5.93. The Kier molecular flexibility index (Phi) is 3.60. The Morgan fingerprint density at radius 3 is 2.00 bits per heavy atom. The first kappa shape index (κ1) is 11.9. The van der Waals surface area contributed by atoms with Gasteiger partial charge in [0, 0.05) is 6.42 Å². The summed E-state index contributed by atoms with van der Waals surface area (Å²) in [6.45, 7) is 1.99. The molecule has 0 aromatic heterocycles. The first-order chi connectivity index (χ1) is 8.24. The molecule has 0 saturated heterocycles. The molecule has 1 heteroatoms. The summed E-state index contributed by atoms with van der Waals surface area (Å²) in [7, 11) is 0. The van der Waals surface area contributed by atoms with Gasteiger partial charge < -0.3 is 5.11 Å². The molecule has 1 atom stereocenters. The van der Waals surface area contributed by atoms with Crippen LogP contribution in [0.5, 0.6) is 0 Å². The van der Waals surface area contributed by atoms with E-state index in [0.29, 0.717) is 6.42 Å². The van der Waals surface area contributed by atoms with Crippen molar-refractivity contribution < 1.29 is 5.11 Å². The van der Waals surface area contributed by atoms with Gasteiger partial charge in [-0.3, -0.25) is 0 Å². The number of aliphatic hydroxyl groups is 1. The highest BCUT2D eigenvalue weighted by Gasteiger charge is 2.27. The van der Waals surface area contributed by atoms with Crippen LogP contribution in [0.4, 0.5) is 0 Å². The van der Waals surface area contributed by atoms with Crippen LogP contribution in [-0.4, -0.2) is 5.11 Å². The average molecular weight is 225 g/mol. The number of hydrogen-bond donors (Lipinski definition) is 1. The van der Waals surface area contributed by atoms with Crippen LogP contribution >= 0.6 is 0 Å². The summed E-state index contributed by atoms with van der Waals surface area (Å²) in [6, 6.07) is 19.7. The van der Waals surface area contributed by atoms with Crippen LogP contribution in [-0.2, 0) is 5.60 Å². The first-order valence-corrected chi connectivity index (χ1v) is 5.93. The van der Waals surface area contributed by atoms with Gasteiger partial charge in [0.2, 0.25) is 0 Å². The summed E-state index contributed by atoms with van der Waals surface area (Å²) in [5.41, 5.74) is 1.09. The van der Waals surface area contributed by atoms with E-state index in [1.807, 2.05) is 74.0 Å². The lowest BCUT2D eigenvalue weighted by Gasteiger charge is -2.27. The molecule has 17 heavy (non-hydrogen) atoms. The molecule has 0 amide bonds. The summed E-state index contributed by atoms with van der Waals surface area (Å²) in [4.78, 5) is 0. The van der Waals surface area contributed by atoms with E-state index in [1.165, 1.54) is 0 Å². The van der Waals surface area contributed by atoms with Crippen molar-refractivity contribution in [3.8, 4) is 0 Å². The topological polar surface area (TPSA) is 20.2 Å². The van der Waals surface area contributed by atoms with Crippen molar-refractivity contribution in [2.45, 2.75) is 18.9 Å². The second-order valence-corrected chi connectivity index (χ2v) is 4.20. The molecule has 0 spiro atoms. The summed E-state index contributed by atoms with van der Waals surface area (Å²) in [6.07, 6.45) is 2.58. The molecule has 1 nitrogen and oxygen atoms in total. The monoisotopic (exact) mass is 225 g/mol. The molecule has 0 aliphatic carbocycles. The SMILES string of the molecule is CCC(O)([CH]c1ccccc1)c1ccccc1. The van der Waals surface area contributed by atoms with E-state index in [2.05, 4.69) is 0 Å². The van der Waals surface area contributed by atoms with Crippen molar-refractivity contribution in [2.24, 2.45) is 0 Å². The third kappa shape index (κ3) is 2.75. The van der Waals surface area contributed by atoms with E-state index in [4.69, 9.17) is 0 Å². The predicted octanol–water partition coefficient (Wildman–Crippen LogP) is 3.54. The fraction of sp³-hybridized carbons (Fsp3) is 0.188. The second kappa shape index (κ2) is 5.15. The molecule has 0 fully saturated rings. The van der Waals surface area contributed by atoms with Crippen LogP contribution in [0.15, 0.2) is 60.7 Å². The van der Waals surface area contributed by atoms with Crippen LogP contribution in [0.3, 0.4) is 0 Å². The molecule has 2 aromatic rings. The van der Waals surface area contributed by atoms with Crippen LogP contribution in [0.2, 0.25) is 0 Å². The maximum atomic E-state index is 10.7. The lowest BCUT2D eigenvalue weighted by Crippen LogP contribution is -2.25. The van der Waals surface area contributed by atoms with Crippen molar-refractivity contribution in [1.82, 2.24) is 0 Å². The molecule has 0 bridgehead atoms. The summed E-state index contributed by atoms with van der Waals surface area (Å²) < 4.78 is 0. The lowest BCUT2D eigenvalue weighted by molar-refractivity contribution is 0.0709. The van der Waals surface area contributed by atoms with E-state index >= 15 is 0 Å². The molecule has 1 N–H and O–H groups in total.